The third-order valence-electron chi connectivity index (χ3n) is 3.44. The Kier molecular flexibility index (Phi) is 2.13. The molecule has 0 fully saturated rings. The molecule has 0 radical (unpaired) electrons. The van der Waals surface area contributed by atoms with Crippen molar-refractivity contribution in [3.63, 3.8) is 0 Å². The lowest BCUT2D eigenvalue weighted by atomic mass is 9.86. The fourth-order valence-corrected chi connectivity index (χ4v) is 2.29. The van der Waals surface area contributed by atoms with Gasteiger partial charge in [0.25, 0.3) is 11.8 Å². The second-order valence-corrected chi connectivity index (χ2v) is 4.17. The van der Waals surface area contributed by atoms with E-state index in [0.29, 0.717) is 16.7 Å². The van der Waals surface area contributed by atoms with Crippen molar-refractivity contribution in [1.29, 1.82) is 0 Å². The van der Waals surface area contributed by atoms with Crippen LogP contribution in [0.2, 0.25) is 0 Å². The van der Waals surface area contributed by atoms with Gasteiger partial charge >= 0.3 is 0 Å². The third-order valence-corrected chi connectivity index (χ3v) is 3.44. The fraction of sp³-hybridized carbons (Fsp3) is 0.333. The van der Waals surface area contributed by atoms with Gasteiger partial charge in [-0.1, -0.05) is 0 Å². The molecule has 2 amide bonds. The zero-order valence-electron chi connectivity index (χ0n) is 9.71. The topological polar surface area (TPSA) is 57.6 Å². The first kappa shape index (κ1) is 10.8. The maximum atomic E-state index is 11.8. The van der Waals surface area contributed by atoms with Gasteiger partial charge < -0.3 is 0 Å². The minimum atomic E-state index is -0.629. The Morgan fingerprint density at radius 2 is 1.12 bits per heavy atom. The number of hydroxylamine groups is 2. The summed E-state index contributed by atoms with van der Waals surface area (Å²) in [7, 11) is 0. The van der Waals surface area contributed by atoms with Gasteiger partial charge in [0.05, 0.1) is 0 Å². The molecule has 0 atom stereocenters. The van der Waals surface area contributed by atoms with Crippen molar-refractivity contribution in [1.82, 2.24) is 5.06 Å². The largest absolute Gasteiger partial charge is 0.285 e. The van der Waals surface area contributed by atoms with E-state index >= 15 is 0 Å². The quantitative estimate of drug-likeness (QED) is 0.535. The highest BCUT2D eigenvalue weighted by molar-refractivity contribution is 6.16. The molecule has 4 nitrogen and oxygen atoms in total. The van der Waals surface area contributed by atoms with E-state index in [-0.39, 0.29) is 5.06 Å². The number of imide groups is 1. The molecule has 16 heavy (non-hydrogen) atoms. The lowest BCUT2D eigenvalue weighted by molar-refractivity contribution is -0.0386. The predicted molar refractivity (Wildman–Crippen MR) is 57.7 cm³/mol. The molecule has 4 heteroatoms. The average Bonchev–Trinajstić information content (AvgIpc) is 2.23. The van der Waals surface area contributed by atoms with Gasteiger partial charge in [0.15, 0.2) is 0 Å². The van der Waals surface area contributed by atoms with Crippen LogP contribution in [0.4, 0.5) is 0 Å². The van der Waals surface area contributed by atoms with Crippen LogP contribution in [-0.4, -0.2) is 22.1 Å². The summed E-state index contributed by atoms with van der Waals surface area (Å²) in [6, 6.07) is 0. The highest BCUT2D eigenvalue weighted by atomic mass is 16.5. The first-order chi connectivity index (χ1) is 7.37. The van der Waals surface area contributed by atoms with Crippen LogP contribution in [0.25, 0.3) is 0 Å². The Hall–Kier alpha value is -1.68. The van der Waals surface area contributed by atoms with Crippen molar-refractivity contribution in [2.24, 2.45) is 0 Å². The molecule has 1 aromatic carbocycles. The van der Waals surface area contributed by atoms with Gasteiger partial charge in [-0.2, -0.15) is 0 Å². The second kappa shape index (κ2) is 3.15. The Labute approximate surface area is 93.4 Å². The monoisotopic (exact) mass is 219 g/mol. The number of benzene rings is 1. The Balaban J connectivity index is 2.95. The summed E-state index contributed by atoms with van der Waals surface area (Å²) in [4.78, 5) is 23.5. The number of carbonyl (C=O) groups is 2. The second-order valence-electron chi connectivity index (χ2n) is 4.17. The van der Waals surface area contributed by atoms with Gasteiger partial charge in [0.1, 0.15) is 0 Å². The summed E-state index contributed by atoms with van der Waals surface area (Å²) in [5.41, 5.74) is 4.15. The lowest BCUT2D eigenvalue weighted by Crippen LogP contribution is -2.40. The number of nitrogens with zero attached hydrogens (tertiary/aromatic N) is 1. The van der Waals surface area contributed by atoms with Crippen LogP contribution in [0.3, 0.4) is 0 Å². The molecular weight excluding hydrogens is 206 g/mol. The van der Waals surface area contributed by atoms with Gasteiger partial charge in [-0.25, -0.2) is 0 Å². The van der Waals surface area contributed by atoms with E-state index in [1.165, 1.54) is 0 Å². The Bertz CT molecular complexity index is 489. The van der Waals surface area contributed by atoms with Gasteiger partial charge in [-0.3, -0.25) is 14.8 Å². The minimum absolute atomic E-state index is 0.205. The average molecular weight is 219 g/mol. The Morgan fingerprint density at radius 3 is 1.50 bits per heavy atom. The number of hydrogen-bond donors (Lipinski definition) is 1. The third kappa shape index (κ3) is 1.08. The predicted octanol–water partition coefficient (Wildman–Crippen LogP) is 1.91. The fourth-order valence-electron chi connectivity index (χ4n) is 2.29. The first-order valence-electron chi connectivity index (χ1n) is 5.06. The standard InChI is InChI=1S/C12H13NO3/c1-5-6(2)9-8(4)10(7(5)3)12(15)13(16)11(9)14/h16H,1-4H3. The van der Waals surface area contributed by atoms with Crippen LogP contribution in [-0.2, 0) is 0 Å². The van der Waals surface area contributed by atoms with E-state index in [9.17, 15) is 14.8 Å². The molecule has 2 bridgehead atoms. The van der Waals surface area contributed by atoms with Crippen molar-refractivity contribution in [2.45, 2.75) is 27.7 Å². The van der Waals surface area contributed by atoms with Gasteiger partial charge in [-0.05, 0) is 49.9 Å². The summed E-state index contributed by atoms with van der Waals surface area (Å²) in [5.74, 6) is -1.26. The molecule has 1 aliphatic heterocycles. The highest BCUT2D eigenvalue weighted by Gasteiger charge is 2.35. The van der Waals surface area contributed by atoms with Crippen molar-refractivity contribution >= 4 is 11.8 Å². The molecule has 1 aliphatic rings. The first-order valence-corrected chi connectivity index (χ1v) is 5.06. The van der Waals surface area contributed by atoms with Crippen LogP contribution in [0, 0.1) is 27.7 Å². The number of hydrogen-bond acceptors (Lipinski definition) is 3. The van der Waals surface area contributed by atoms with Gasteiger partial charge in [-0.15, -0.1) is 5.06 Å². The van der Waals surface area contributed by atoms with E-state index in [1.54, 1.807) is 6.92 Å². The van der Waals surface area contributed by atoms with Crippen LogP contribution in [0.15, 0.2) is 0 Å². The van der Waals surface area contributed by atoms with E-state index in [0.717, 1.165) is 16.7 Å². The zero-order valence-corrected chi connectivity index (χ0v) is 9.71. The Morgan fingerprint density at radius 1 is 0.750 bits per heavy atom. The number of carbonyl (C=O) groups excluding carboxylic acids is 2. The van der Waals surface area contributed by atoms with Crippen LogP contribution in [0.5, 0.6) is 0 Å². The molecule has 2 rings (SSSR count). The van der Waals surface area contributed by atoms with E-state index < -0.39 is 11.8 Å². The molecular formula is C12H13NO3. The van der Waals surface area contributed by atoms with Crippen molar-refractivity contribution in [3.8, 4) is 0 Å². The molecule has 0 spiro atoms. The van der Waals surface area contributed by atoms with Crippen LogP contribution < -0.4 is 0 Å². The SMILES string of the molecule is Cc1c(C)c2c(C)c(c1C)C(=O)N(O)C2=O. The van der Waals surface area contributed by atoms with Crippen molar-refractivity contribution in [2.75, 3.05) is 0 Å². The van der Waals surface area contributed by atoms with E-state index in [4.69, 9.17) is 0 Å². The molecule has 0 unspecified atom stereocenters. The molecule has 0 saturated heterocycles. The summed E-state index contributed by atoms with van der Waals surface area (Å²) >= 11 is 0. The molecule has 0 aromatic heterocycles. The molecule has 1 heterocycles. The molecule has 84 valence electrons. The van der Waals surface area contributed by atoms with Crippen LogP contribution >= 0.6 is 0 Å². The normalized spacial score (nSPS) is 14.7. The van der Waals surface area contributed by atoms with E-state index in [1.807, 2.05) is 20.8 Å². The zero-order chi connectivity index (χ0) is 12.2. The van der Waals surface area contributed by atoms with Crippen molar-refractivity contribution < 1.29 is 14.8 Å². The maximum Gasteiger partial charge on any atom is 0.285 e. The highest BCUT2D eigenvalue weighted by Crippen LogP contribution is 2.31. The summed E-state index contributed by atoms with van der Waals surface area (Å²) in [6.07, 6.45) is 0. The molecule has 0 aliphatic carbocycles. The summed E-state index contributed by atoms with van der Waals surface area (Å²) in [5, 5.41) is 9.64. The van der Waals surface area contributed by atoms with Crippen molar-refractivity contribution in [3.05, 3.63) is 33.4 Å². The smallest absolute Gasteiger partial charge is 0.278 e. The lowest BCUT2D eigenvalue weighted by Gasteiger charge is -2.27. The summed E-state index contributed by atoms with van der Waals surface area (Å²) < 4.78 is 0. The molecule has 0 saturated carbocycles. The van der Waals surface area contributed by atoms with Crippen LogP contribution in [0.1, 0.15) is 43.0 Å². The number of fused-ring (bicyclic) bond motifs is 2. The maximum absolute atomic E-state index is 11.8. The van der Waals surface area contributed by atoms with Gasteiger partial charge in [0, 0.05) is 11.1 Å². The molecule has 1 N–H and O–H groups in total. The van der Waals surface area contributed by atoms with E-state index in [2.05, 4.69) is 0 Å². The number of rotatable bonds is 0. The minimum Gasteiger partial charge on any atom is -0.278 e. The van der Waals surface area contributed by atoms with Gasteiger partial charge in [0.2, 0.25) is 0 Å². The molecule has 1 aromatic rings. The summed E-state index contributed by atoms with van der Waals surface area (Å²) in [6.45, 7) is 7.28. The number of amides is 2.